The van der Waals surface area contributed by atoms with Gasteiger partial charge in [-0.1, -0.05) is 85.6 Å². The lowest BCUT2D eigenvalue weighted by Crippen LogP contribution is -2.56. The minimum absolute atomic E-state index is 0.0443. The Hall–Kier alpha value is -5.19. The number of rotatable bonds is 11. The molecule has 1 aliphatic heterocycles. The second kappa shape index (κ2) is 15.4. The number of ether oxygens (including phenoxy) is 1. The van der Waals surface area contributed by atoms with E-state index in [2.05, 4.69) is 5.32 Å². The van der Waals surface area contributed by atoms with Crippen LogP contribution in [0.2, 0.25) is 0 Å². The van der Waals surface area contributed by atoms with Crippen molar-refractivity contribution >= 4 is 17.8 Å². The van der Waals surface area contributed by atoms with Gasteiger partial charge in [-0.2, -0.15) is 13.2 Å². The number of hydrogen-bond acceptors (Lipinski definition) is 4. The first-order valence-corrected chi connectivity index (χ1v) is 17.0. The Morgan fingerprint density at radius 3 is 2.27 bits per heavy atom. The van der Waals surface area contributed by atoms with E-state index >= 15 is 0 Å². The standard InChI is InChI=1S/C40H38F4N2O5/c41-37-30(11-6-12-33(37)40(42,43)44)24-51-32-18-17-29-22-35(46(23-31(29)21-32)36(47)20-25-7-4-5-8-25)38(48)45-34(39(49)50)19-26-13-15-28(16-14-26)27-9-2-1-3-10-27/h1-3,6,9-18,21,25,34-35H,4-5,7-8,19-20,22-24H2,(H,45,48)(H,49,50)/t34-,35-/m0/s1. The molecule has 2 amide bonds. The normalized spacial score (nSPS) is 16.7. The molecule has 0 spiro atoms. The number of carboxylic acids is 1. The summed E-state index contributed by atoms with van der Waals surface area (Å²) >= 11 is 0. The van der Waals surface area contributed by atoms with Crippen molar-refractivity contribution in [3.8, 4) is 16.9 Å². The Morgan fingerprint density at radius 2 is 1.59 bits per heavy atom. The van der Waals surface area contributed by atoms with Crippen molar-refractivity contribution in [1.82, 2.24) is 10.2 Å². The summed E-state index contributed by atoms with van der Waals surface area (Å²) in [6.07, 6.45) is -0.513. The summed E-state index contributed by atoms with van der Waals surface area (Å²) in [5, 5.41) is 12.8. The first-order chi connectivity index (χ1) is 24.5. The van der Waals surface area contributed by atoms with Gasteiger partial charge in [0.15, 0.2) is 0 Å². The fourth-order valence-corrected chi connectivity index (χ4v) is 6.96. The van der Waals surface area contributed by atoms with Crippen molar-refractivity contribution in [3.63, 3.8) is 0 Å². The van der Waals surface area contributed by atoms with Crippen LogP contribution in [0.15, 0.2) is 91.0 Å². The number of amides is 2. The molecule has 0 aromatic heterocycles. The summed E-state index contributed by atoms with van der Waals surface area (Å²) in [4.78, 5) is 41.4. The molecule has 7 nitrogen and oxygen atoms in total. The molecule has 6 rings (SSSR count). The third kappa shape index (κ3) is 8.58. The molecule has 11 heteroatoms. The second-order valence-electron chi connectivity index (χ2n) is 13.3. The smallest absolute Gasteiger partial charge is 0.419 e. The molecule has 1 saturated carbocycles. The van der Waals surface area contributed by atoms with E-state index in [0.29, 0.717) is 11.6 Å². The Morgan fingerprint density at radius 1 is 0.882 bits per heavy atom. The molecule has 2 N–H and O–H groups in total. The van der Waals surface area contributed by atoms with E-state index in [1.54, 1.807) is 18.2 Å². The molecule has 0 unspecified atom stereocenters. The number of carbonyl (C=O) groups excluding carboxylic acids is 2. The first kappa shape index (κ1) is 35.6. The summed E-state index contributed by atoms with van der Waals surface area (Å²) in [6.45, 7) is -0.401. The van der Waals surface area contributed by atoms with Crippen LogP contribution < -0.4 is 10.1 Å². The second-order valence-corrected chi connectivity index (χ2v) is 13.3. The number of nitrogens with one attached hydrogen (secondary N) is 1. The van der Waals surface area contributed by atoms with Crippen LogP contribution in [0.3, 0.4) is 0 Å². The van der Waals surface area contributed by atoms with Crippen LogP contribution >= 0.6 is 0 Å². The van der Waals surface area contributed by atoms with Gasteiger partial charge in [-0.15, -0.1) is 0 Å². The third-order valence-electron chi connectivity index (χ3n) is 9.76. The van der Waals surface area contributed by atoms with Gasteiger partial charge in [0, 0.05) is 31.4 Å². The molecule has 266 valence electrons. The van der Waals surface area contributed by atoms with Crippen LogP contribution in [-0.2, 0) is 46.6 Å². The van der Waals surface area contributed by atoms with Gasteiger partial charge in [0.05, 0.1) is 5.56 Å². The Kier molecular flexibility index (Phi) is 10.7. The monoisotopic (exact) mass is 702 g/mol. The topological polar surface area (TPSA) is 95.9 Å². The molecule has 0 radical (unpaired) electrons. The fourth-order valence-electron chi connectivity index (χ4n) is 6.96. The molecule has 0 saturated heterocycles. The van der Waals surface area contributed by atoms with Gasteiger partial charge >= 0.3 is 12.1 Å². The lowest BCUT2D eigenvalue weighted by Gasteiger charge is -2.37. The van der Waals surface area contributed by atoms with Gasteiger partial charge in [-0.3, -0.25) is 9.59 Å². The van der Waals surface area contributed by atoms with Crippen LogP contribution in [0.4, 0.5) is 17.6 Å². The summed E-state index contributed by atoms with van der Waals surface area (Å²) in [5.41, 5.74) is 2.51. The molecule has 4 aromatic carbocycles. The zero-order chi connectivity index (χ0) is 36.1. The SMILES string of the molecule is O=C(O)[C@H](Cc1ccc(-c2ccccc2)cc1)NC(=O)[C@@H]1Cc2ccc(OCc3cccc(C(F)(F)F)c3F)cc2CN1C(=O)CC1CCCC1. The van der Waals surface area contributed by atoms with Crippen LogP contribution in [0.1, 0.15) is 59.9 Å². The van der Waals surface area contributed by atoms with Gasteiger partial charge in [0.1, 0.15) is 30.3 Å². The molecule has 1 heterocycles. The molecule has 1 fully saturated rings. The van der Waals surface area contributed by atoms with Gasteiger partial charge in [0.2, 0.25) is 11.8 Å². The highest BCUT2D eigenvalue weighted by atomic mass is 19.4. The number of benzene rings is 4. The van der Waals surface area contributed by atoms with Gasteiger partial charge in [-0.25, -0.2) is 9.18 Å². The number of aliphatic carboxylic acids is 1. The Bertz CT molecular complexity index is 1870. The third-order valence-corrected chi connectivity index (χ3v) is 9.76. The number of carbonyl (C=O) groups is 3. The predicted molar refractivity (Wildman–Crippen MR) is 182 cm³/mol. The van der Waals surface area contributed by atoms with Crippen LogP contribution in [0, 0.1) is 11.7 Å². The molecule has 0 bridgehead atoms. The summed E-state index contributed by atoms with van der Waals surface area (Å²) in [6, 6.07) is 23.0. The van der Waals surface area contributed by atoms with Crippen molar-refractivity contribution in [3.05, 3.63) is 125 Å². The Balaban J connectivity index is 1.18. The van der Waals surface area contributed by atoms with Crippen molar-refractivity contribution in [2.45, 2.75) is 76.4 Å². The highest BCUT2D eigenvalue weighted by molar-refractivity contribution is 5.91. The number of nitrogens with zero attached hydrogens (tertiary/aromatic N) is 1. The minimum atomic E-state index is -4.85. The summed E-state index contributed by atoms with van der Waals surface area (Å²) in [7, 11) is 0. The fraction of sp³-hybridized carbons (Fsp3) is 0.325. The molecule has 51 heavy (non-hydrogen) atoms. The predicted octanol–water partition coefficient (Wildman–Crippen LogP) is 7.74. The zero-order valence-electron chi connectivity index (χ0n) is 27.8. The van der Waals surface area contributed by atoms with Gasteiger partial charge in [0.25, 0.3) is 0 Å². The van der Waals surface area contributed by atoms with Gasteiger partial charge < -0.3 is 20.1 Å². The molecular weight excluding hydrogens is 664 g/mol. The number of fused-ring (bicyclic) bond motifs is 1. The number of alkyl halides is 3. The van der Waals surface area contributed by atoms with Crippen LogP contribution in [0.25, 0.3) is 11.1 Å². The summed E-state index contributed by atoms with van der Waals surface area (Å²) < 4.78 is 59.9. The van der Waals surface area contributed by atoms with Crippen molar-refractivity contribution in [2.24, 2.45) is 5.92 Å². The number of carboxylic acid groups (broad SMARTS) is 1. The maximum absolute atomic E-state index is 14.6. The molecule has 1 aliphatic carbocycles. The maximum Gasteiger partial charge on any atom is 0.419 e. The van der Waals surface area contributed by atoms with Gasteiger partial charge in [-0.05, 0) is 64.8 Å². The molecule has 4 aromatic rings. The van der Waals surface area contributed by atoms with Crippen LogP contribution in [-0.4, -0.2) is 39.9 Å². The average Bonchev–Trinajstić information content (AvgIpc) is 3.63. The van der Waals surface area contributed by atoms with E-state index in [-0.39, 0.29) is 48.9 Å². The minimum Gasteiger partial charge on any atom is -0.489 e. The first-order valence-electron chi connectivity index (χ1n) is 17.0. The van der Waals surface area contributed by atoms with E-state index in [9.17, 15) is 37.1 Å². The van der Waals surface area contributed by atoms with E-state index in [0.717, 1.165) is 54.0 Å². The lowest BCUT2D eigenvalue weighted by atomic mass is 9.91. The zero-order valence-corrected chi connectivity index (χ0v) is 27.8. The summed E-state index contributed by atoms with van der Waals surface area (Å²) in [5.74, 6) is -2.92. The largest absolute Gasteiger partial charge is 0.489 e. The van der Waals surface area contributed by atoms with Crippen molar-refractivity contribution < 1.29 is 41.8 Å². The highest BCUT2D eigenvalue weighted by Crippen LogP contribution is 2.34. The lowest BCUT2D eigenvalue weighted by molar-refractivity contribution is -0.145. The molecule has 2 atom stereocenters. The van der Waals surface area contributed by atoms with E-state index in [1.165, 1.54) is 11.0 Å². The van der Waals surface area contributed by atoms with E-state index in [1.807, 2.05) is 54.6 Å². The van der Waals surface area contributed by atoms with E-state index in [4.69, 9.17) is 4.74 Å². The van der Waals surface area contributed by atoms with Crippen LogP contribution in [0.5, 0.6) is 5.75 Å². The number of hydrogen-bond donors (Lipinski definition) is 2. The van der Waals surface area contributed by atoms with Crippen molar-refractivity contribution in [2.75, 3.05) is 0 Å². The molecular formula is C40H38F4N2O5. The quantitative estimate of drug-likeness (QED) is 0.156. The average molecular weight is 703 g/mol. The van der Waals surface area contributed by atoms with Crippen molar-refractivity contribution in [1.29, 1.82) is 0 Å². The maximum atomic E-state index is 14.6. The Labute approximate surface area is 293 Å². The number of halogens is 4. The highest BCUT2D eigenvalue weighted by Gasteiger charge is 2.38. The van der Waals surface area contributed by atoms with E-state index < -0.39 is 48.1 Å². The molecule has 2 aliphatic rings.